The Kier molecular flexibility index (Phi) is 4.40. The third-order valence-corrected chi connectivity index (χ3v) is 5.74. The second-order valence-corrected chi connectivity index (χ2v) is 7.91. The number of halogens is 1. The first-order valence-corrected chi connectivity index (χ1v) is 10.1. The number of hydrogen-bond acceptors (Lipinski definition) is 3. The largest absolute Gasteiger partial charge is 0.310 e. The highest BCUT2D eigenvalue weighted by molar-refractivity contribution is 6.30. The van der Waals surface area contributed by atoms with Crippen LogP contribution in [0.2, 0.25) is 5.02 Å². The second-order valence-electron chi connectivity index (χ2n) is 7.47. The van der Waals surface area contributed by atoms with E-state index in [1.54, 1.807) is 16.8 Å². The fourth-order valence-electron chi connectivity index (χ4n) is 4.11. The molecule has 30 heavy (non-hydrogen) atoms. The molecule has 1 aliphatic rings. The van der Waals surface area contributed by atoms with Gasteiger partial charge in [0.15, 0.2) is 5.78 Å². The van der Waals surface area contributed by atoms with Gasteiger partial charge in [0, 0.05) is 22.6 Å². The first-order chi connectivity index (χ1) is 14.5. The van der Waals surface area contributed by atoms with E-state index in [-0.39, 0.29) is 18.1 Å². The van der Waals surface area contributed by atoms with Crippen LogP contribution >= 0.6 is 11.6 Å². The molecule has 3 aromatic carbocycles. The minimum atomic E-state index is -0.581. The van der Waals surface area contributed by atoms with Gasteiger partial charge in [-0.15, -0.1) is 0 Å². The third kappa shape index (κ3) is 3.08. The highest BCUT2D eigenvalue weighted by atomic mass is 35.5. The maximum Gasteiger partial charge on any atom is 0.226 e. The van der Waals surface area contributed by atoms with E-state index in [9.17, 15) is 9.59 Å². The number of fused-ring (bicyclic) bond motifs is 2. The maximum absolute atomic E-state index is 13.5. The number of aryl methyl sites for hydroxylation is 1. The summed E-state index contributed by atoms with van der Waals surface area (Å²) in [5.74, 6) is -0.330. The van der Waals surface area contributed by atoms with Gasteiger partial charge in [-0.05, 0) is 42.0 Å². The molecular formula is C24H18ClN3O2. The SMILES string of the molecule is Cc1nn(-c2cccc(Cl)c2)c2c1[C@H](C(=O)c1ccc3ccccc3c1)CC(=O)N2. The molecule has 4 aromatic rings. The summed E-state index contributed by atoms with van der Waals surface area (Å²) in [7, 11) is 0. The van der Waals surface area contributed by atoms with Crippen molar-refractivity contribution >= 4 is 39.9 Å². The first-order valence-electron chi connectivity index (χ1n) is 9.69. The van der Waals surface area contributed by atoms with E-state index in [4.69, 9.17) is 11.6 Å². The van der Waals surface area contributed by atoms with E-state index in [2.05, 4.69) is 10.4 Å². The predicted molar refractivity (Wildman–Crippen MR) is 118 cm³/mol. The van der Waals surface area contributed by atoms with Crippen molar-refractivity contribution in [3.63, 3.8) is 0 Å². The Morgan fingerprint density at radius 3 is 2.67 bits per heavy atom. The molecule has 1 aliphatic heterocycles. The van der Waals surface area contributed by atoms with Crippen molar-refractivity contribution in [3.8, 4) is 5.69 Å². The highest BCUT2D eigenvalue weighted by Gasteiger charge is 2.36. The van der Waals surface area contributed by atoms with Crippen LogP contribution in [0.4, 0.5) is 5.82 Å². The quantitative estimate of drug-likeness (QED) is 0.462. The molecule has 1 amide bonds. The average Bonchev–Trinajstić information content (AvgIpc) is 3.08. The van der Waals surface area contributed by atoms with Crippen LogP contribution in [0, 0.1) is 6.92 Å². The number of benzene rings is 3. The van der Waals surface area contributed by atoms with Crippen molar-refractivity contribution in [1.29, 1.82) is 0 Å². The van der Waals surface area contributed by atoms with E-state index in [1.165, 1.54) is 0 Å². The number of hydrogen-bond donors (Lipinski definition) is 1. The van der Waals surface area contributed by atoms with Gasteiger partial charge < -0.3 is 5.32 Å². The molecule has 2 heterocycles. The Labute approximate surface area is 178 Å². The molecule has 1 N–H and O–H groups in total. The highest BCUT2D eigenvalue weighted by Crippen LogP contribution is 2.38. The summed E-state index contributed by atoms with van der Waals surface area (Å²) >= 11 is 6.14. The van der Waals surface area contributed by atoms with E-state index in [0.29, 0.717) is 22.1 Å². The van der Waals surface area contributed by atoms with E-state index in [1.807, 2.05) is 61.5 Å². The number of carbonyl (C=O) groups is 2. The monoisotopic (exact) mass is 415 g/mol. The number of nitrogens with zero attached hydrogens (tertiary/aromatic N) is 2. The molecule has 0 bridgehead atoms. The van der Waals surface area contributed by atoms with Crippen LogP contribution in [0.15, 0.2) is 66.7 Å². The predicted octanol–water partition coefficient (Wildman–Crippen LogP) is 5.30. The number of nitrogens with one attached hydrogen (secondary N) is 1. The van der Waals surface area contributed by atoms with E-state index < -0.39 is 5.92 Å². The standard InChI is InChI=1S/C24H18ClN3O2/c1-14-22-20(23(30)17-10-9-15-5-2-3-6-16(15)11-17)13-21(29)26-24(22)28(27-14)19-8-4-7-18(25)12-19/h2-12,20H,13H2,1H3,(H,26,29)/t20-/m1/s1. The molecule has 0 radical (unpaired) electrons. The second kappa shape index (κ2) is 7.11. The van der Waals surface area contributed by atoms with Gasteiger partial charge in [0.05, 0.1) is 17.3 Å². The lowest BCUT2D eigenvalue weighted by Crippen LogP contribution is -2.28. The van der Waals surface area contributed by atoms with Crippen molar-refractivity contribution < 1.29 is 9.59 Å². The molecule has 0 saturated carbocycles. The zero-order valence-corrected chi connectivity index (χ0v) is 17.0. The Hall–Kier alpha value is -3.44. The normalized spacial score (nSPS) is 15.7. The van der Waals surface area contributed by atoms with Crippen LogP contribution in [0.1, 0.15) is 34.0 Å². The van der Waals surface area contributed by atoms with Crippen LogP contribution in [-0.4, -0.2) is 21.5 Å². The molecule has 148 valence electrons. The zero-order valence-electron chi connectivity index (χ0n) is 16.2. The number of anilines is 1. The fraction of sp³-hybridized carbons (Fsp3) is 0.125. The minimum Gasteiger partial charge on any atom is -0.310 e. The summed E-state index contributed by atoms with van der Waals surface area (Å²) in [4.78, 5) is 26.0. The summed E-state index contributed by atoms with van der Waals surface area (Å²) in [6.07, 6.45) is 0.0980. The summed E-state index contributed by atoms with van der Waals surface area (Å²) in [5, 5.41) is 10.1. The Bertz CT molecular complexity index is 1330. The lowest BCUT2D eigenvalue weighted by molar-refractivity contribution is -0.116. The zero-order chi connectivity index (χ0) is 20.8. The van der Waals surface area contributed by atoms with Gasteiger partial charge in [-0.2, -0.15) is 5.10 Å². The first kappa shape index (κ1) is 18.6. The molecule has 0 unspecified atom stereocenters. The van der Waals surface area contributed by atoms with Crippen LogP contribution in [0.5, 0.6) is 0 Å². The molecule has 1 aromatic heterocycles. The van der Waals surface area contributed by atoms with Crippen molar-refractivity contribution in [2.75, 3.05) is 5.32 Å². The van der Waals surface area contributed by atoms with Gasteiger partial charge in [-0.25, -0.2) is 4.68 Å². The van der Waals surface area contributed by atoms with Crippen molar-refractivity contribution in [2.24, 2.45) is 0 Å². The van der Waals surface area contributed by atoms with Gasteiger partial charge in [-0.3, -0.25) is 9.59 Å². The number of aromatic nitrogens is 2. The molecule has 1 atom stereocenters. The lowest BCUT2D eigenvalue weighted by Gasteiger charge is -2.23. The van der Waals surface area contributed by atoms with Crippen molar-refractivity contribution in [3.05, 3.63) is 88.6 Å². The van der Waals surface area contributed by atoms with Crippen molar-refractivity contribution in [2.45, 2.75) is 19.3 Å². The van der Waals surface area contributed by atoms with Crippen LogP contribution in [0.25, 0.3) is 16.5 Å². The van der Waals surface area contributed by atoms with Gasteiger partial charge in [0.1, 0.15) is 5.82 Å². The molecule has 0 spiro atoms. The summed E-state index contributed by atoms with van der Waals surface area (Å²) in [6.45, 7) is 1.86. The fourth-order valence-corrected chi connectivity index (χ4v) is 4.29. The van der Waals surface area contributed by atoms with E-state index in [0.717, 1.165) is 22.0 Å². The number of carbonyl (C=O) groups excluding carboxylic acids is 2. The number of rotatable bonds is 3. The molecule has 6 heteroatoms. The third-order valence-electron chi connectivity index (χ3n) is 5.51. The number of Topliss-reactive ketones (excluding diaryl/α,β-unsaturated/α-hetero) is 1. The van der Waals surface area contributed by atoms with Gasteiger partial charge in [0.25, 0.3) is 0 Å². The minimum absolute atomic E-state index is 0.0782. The average molecular weight is 416 g/mol. The van der Waals surface area contributed by atoms with Crippen molar-refractivity contribution in [1.82, 2.24) is 9.78 Å². The van der Waals surface area contributed by atoms with Gasteiger partial charge >= 0.3 is 0 Å². The number of amides is 1. The van der Waals surface area contributed by atoms with E-state index >= 15 is 0 Å². The summed E-state index contributed by atoms with van der Waals surface area (Å²) < 4.78 is 1.65. The van der Waals surface area contributed by atoms with Crippen LogP contribution in [-0.2, 0) is 4.79 Å². The molecule has 0 fully saturated rings. The van der Waals surface area contributed by atoms with Gasteiger partial charge in [0.2, 0.25) is 5.91 Å². The van der Waals surface area contributed by atoms with Crippen LogP contribution in [0.3, 0.4) is 0 Å². The Morgan fingerprint density at radius 2 is 1.87 bits per heavy atom. The summed E-state index contributed by atoms with van der Waals surface area (Å²) in [5.41, 5.74) is 2.79. The topological polar surface area (TPSA) is 64.0 Å². The lowest BCUT2D eigenvalue weighted by atomic mass is 9.85. The molecule has 5 rings (SSSR count). The molecule has 0 aliphatic carbocycles. The molecule has 5 nitrogen and oxygen atoms in total. The smallest absolute Gasteiger partial charge is 0.226 e. The summed E-state index contributed by atoms with van der Waals surface area (Å²) in [6, 6.07) is 20.8. The molecule has 0 saturated heterocycles. The van der Waals surface area contributed by atoms with Crippen LogP contribution < -0.4 is 5.32 Å². The molecular weight excluding hydrogens is 398 g/mol. The Balaban J connectivity index is 1.61. The Morgan fingerprint density at radius 1 is 1.07 bits per heavy atom. The maximum atomic E-state index is 13.5. The van der Waals surface area contributed by atoms with Gasteiger partial charge in [-0.1, -0.05) is 54.1 Å². The number of ketones is 1.